The number of hydrogen-bond donors (Lipinski definition) is 2. The number of anilines is 1. The van der Waals surface area contributed by atoms with Gasteiger partial charge in [-0.15, -0.1) is 0 Å². The van der Waals surface area contributed by atoms with Gasteiger partial charge in [-0.1, -0.05) is 6.92 Å². The van der Waals surface area contributed by atoms with Crippen molar-refractivity contribution in [3.05, 3.63) is 22.8 Å². The molecule has 1 aromatic heterocycles. The number of carbonyl (C=O) groups excluding carboxylic acids is 1. The molecule has 0 saturated carbocycles. The Kier molecular flexibility index (Phi) is 5.04. The highest BCUT2D eigenvalue weighted by atomic mass is 79.9. The lowest BCUT2D eigenvalue weighted by Gasteiger charge is -2.12. The predicted octanol–water partition coefficient (Wildman–Crippen LogP) is 1.99. The smallest absolute Gasteiger partial charge is 0.404 e. The van der Waals surface area contributed by atoms with Gasteiger partial charge in [0.2, 0.25) is 0 Å². The van der Waals surface area contributed by atoms with Gasteiger partial charge in [0.15, 0.2) is 0 Å². The van der Waals surface area contributed by atoms with E-state index in [4.69, 9.17) is 5.73 Å². The number of rotatable bonds is 5. The van der Waals surface area contributed by atoms with Crippen LogP contribution in [0.25, 0.3) is 0 Å². The number of primary amides is 1. The number of nitrogens with two attached hydrogens (primary N) is 1. The van der Waals surface area contributed by atoms with Crippen LogP contribution >= 0.6 is 15.9 Å². The number of aromatic nitrogens is 1. The maximum atomic E-state index is 10.4. The molecule has 0 fully saturated rings. The molecule has 1 amide bonds. The average Bonchev–Trinajstić information content (AvgIpc) is 2.25. The van der Waals surface area contributed by atoms with E-state index in [1.54, 1.807) is 6.20 Å². The van der Waals surface area contributed by atoms with Gasteiger partial charge < -0.3 is 15.8 Å². The van der Waals surface area contributed by atoms with Crippen molar-refractivity contribution < 1.29 is 9.53 Å². The summed E-state index contributed by atoms with van der Waals surface area (Å²) in [4.78, 5) is 14.5. The molecule has 0 radical (unpaired) electrons. The highest BCUT2D eigenvalue weighted by Crippen LogP contribution is 2.10. The van der Waals surface area contributed by atoms with Crippen molar-refractivity contribution in [2.24, 2.45) is 11.7 Å². The Morgan fingerprint density at radius 2 is 2.44 bits per heavy atom. The molecule has 1 heterocycles. The molecular formula is C10H14BrN3O2. The van der Waals surface area contributed by atoms with Gasteiger partial charge in [-0.25, -0.2) is 9.78 Å². The number of hydrogen-bond acceptors (Lipinski definition) is 4. The maximum Gasteiger partial charge on any atom is 0.404 e. The van der Waals surface area contributed by atoms with Crippen LogP contribution in [0, 0.1) is 5.92 Å². The van der Waals surface area contributed by atoms with Crippen LogP contribution in [0.1, 0.15) is 6.92 Å². The minimum atomic E-state index is -0.742. The molecule has 1 atom stereocenters. The SMILES string of the molecule is CC(CNc1ccc(Br)cn1)COC(N)=O. The lowest BCUT2D eigenvalue weighted by molar-refractivity contribution is 0.142. The fraction of sp³-hybridized carbons (Fsp3) is 0.400. The molecule has 16 heavy (non-hydrogen) atoms. The molecule has 0 bridgehead atoms. The van der Waals surface area contributed by atoms with E-state index in [1.807, 2.05) is 19.1 Å². The summed E-state index contributed by atoms with van der Waals surface area (Å²) in [6, 6.07) is 3.77. The van der Waals surface area contributed by atoms with Crippen molar-refractivity contribution >= 4 is 27.8 Å². The fourth-order valence-electron chi connectivity index (χ4n) is 1.04. The number of nitrogens with zero attached hydrogens (tertiary/aromatic N) is 1. The predicted molar refractivity (Wildman–Crippen MR) is 65.1 cm³/mol. The molecule has 0 spiro atoms. The number of pyridine rings is 1. The quantitative estimate of drug-likeness (QED) is 0.868. The Labute approximate surface area is 103 Å². The molecule has 88 valence electrons. The van der Waals surface area contributed by atoms with E-state index < -0.39 is 6.09 Å². The van der Waals surface area contributed by atoms with Gasteiger partial charge in [0.05, 0.1) is 6.61 Å². The number of amides is 1. The zero-order valence-corrected chi connectivity index (χ0v) is 10.5. The summed E-state index contributed by atoms with van der Waals surface area (Å²) in [6.45, 7) is 2.93. The van der Waals surface area contributed by atoms with Crippen LogP contribution in [0.4, 0.5) is 10.6 Å². The molecule has 1 rings (SSSR count). The number of ether oxygens (including phenoxy) is 1. The molecule has 3 N–H and O–H groups in total. The monoisotopic (exact) mass is 287 g/mol. The van der Waals surface area contributed by atoms with Gasteiger partial charge in [-0.3, -0.25) is 0 Å². The first kappa shape index (κ1) is 12.8. The molecule has 1 unspecified atom stereocenters. The lowest BCUT2D eigenvalue weighted by atomic mass is 10.2. The van der Waals surface area contributed by atoms with Gasteiger partial charge in [-0.2, -0.15) is 0 Å². The minimum absolute atomic E-state index is 0.179. The Hall–Kier alpha value is -1.30. The summed E-state index contributed by atoms with van der Waals surface area (Å²) >= 11 is 3.30. The summed E-state index contributed by atoms with van der Waals surface area (Å²) in [6.07, 6.45) is 0.973. The Morgan fingerprint density at radius 1 is 1.69 bits per heavy atom. The highest BCUT2D eigenvalue weighted by molar-refractivity contribution is 9.10. The summed E-state index contributed by atoms with van der Waals surface area (Å²) < 4.78 is 5.62. The van der Waals surface area contributed by atoms with E-state index in [1.165, 1.54) is 0 Å². The van der Waals surface area contributed by atoms with Crippen molar-refractivity contribution in [2.45, 2.75) is 6.92 Å². The van der Waals surface area contributed by atoms with Crippen LogP contribution in [0.2, 0.25) is 0 Å². The second-order valence-corrected chi connectivity index (χ2v) is 4.39. The molecule has 0 saturated heterocycles. The third kappa shape index (κ3) is 4.97. The first-order valence-electron chi connectivity index (χ1n) is 4.85. The van der Waals surface area contributed by atoms with E-state index >= 15 is 0 Å². The second kappa shape index (κ2) is 6.32. The zero-order valence-electron chi connectivity index (χ0n) is 8.94. The van der Waals surface area contributed by atoms with Crippen molar-refractivity contribution in [1.82, 2.24) is 4.98 Å². The number of halogens is 1. The summed E-state index contributed by atoms with van der Waals surface area (Å²) in [5.41, 5.74) is 4.87. The summed E-state index contributed by atoms with van der Waals surface area (Å²) in [5, 5.41) is 3.13. The molecule has 5 nitrogen and oxygen atoms in total. The lowest BCUT2D eigenvalue weighted by Crippen LogP contribution is -2.22. The second-order valence-electron chi connectivity index (χ2n) is 3.48. The van der Waals surface area contributed by atoms with Gasteiger partial charge in [0, 0.05) is 23.1 Å². The molecular weight excluding hydrogens is 274 g/mol. The number of carbonyl (C=O) groups is 1. The Morgan fingerprint density at radius 3 is 3.00 bits per heavy atom. The van der Waals surface area contributed by atoms with Crippen LogP contribution in [0.3, 0.4) is 0 Å². The highest BCUT2D eigenvalue weighted by Gasteiger charge is 2.04. The average molecular weight is 288 g/mol. The van der Waals surface area contributed by atoms with Crippen molar-refractivity contribution in [3.8, 4) is 0 Å². The molecule has 0 aromatic carbocycles. The van der Waals surface area contributed by atoms with Crippen molar-refractivity contribution in [1.29, 1.82) is 0 Å². The molecule has 6 heteroatoms. The Bertz CT molecular complexity index is 342. The maximum absolute atomic E-state index is 10.4. The van der Waals surface area contributed by atoms with Crippen LogP contribution in [0.15, 0.2) is 22.8 Å². The summed E-state index contributed by atoms with van der Waals surface area (Å²) in [5.74, 6) is 0.965. The normalized spacial score (nSPS) is 11.9. The standard InChI is InChI=1S/C10H14BrN3O2/c1-7(6-16-10(12)15)4-13-9-3-2-8(11)5-14-9/h2-3,5,7H,4,6H2,1H3,(H2,12,15)(H,13,14). The van der Waals surface area contributed by atoms with Gasteiger partial charge in [0.25, 0.3) is 0 Å². The van der Waals surface area contributed by atoms with Gasteiger partial charge >= 0.3 is 6.09 Å². The summed E-state index contributed by atoms with van der Waals surface area (Å²) in [7, 11) is 0. The van der Waals surface area contributed by atoms with Crippen LogP contribution in [-0.2, 0) is 4.74 Å². The van der Waals surface area contributed by atoms with E-state index in [2.05, 4.69) is 31.0 Å². The third-order valence-electron chi connectivity index (χ3n) is 1.87. The molecule has 0 aliphatic carbocycles. The van der Waals surface area contributed by atoms with Crippen molar-refractivity contribution in [3.63, 3.8) is 0 Å². The van der Waals surface area contributed by atoms with Gasteiger partial charge in [0.1, 0.15) is 5.82 Å². The zero-order chi connectivity index (χ0) is 12.0. The van der Waals surface area contributed by atoms with E-state index in [-0.39, 0.29) is 5.92 Å². The van der Waals surface area contributed by atoms with E-state index in [0.717, 1.165) is 10.3 Å². The van der Waals surface area contributed by atoms with Gasteiger partial charge in [-0.05, 0) is 28.1 Å². The first-order chi connectivity index (χ1) is 7.58. The minimum Gasteiger partial charge on any atom is -0.449 e. The van der Waals surface area contributed by atoms with Crippen LogP contribution < -0.4 is 11.1 Å². The van der Waals surface area contributed by atoms with E-state index in [0.29, 0.717) is 13.2 Å². The molecule has 1 aromatic rings. The van der Waals surface area contributed by atoms with Crippen LogP contribution in [-0.4, -0.2) is 24.2 Å². The first-order valence-corrected chi connectivity index (χ1v) is 5.65. The third-order valence-corrected chi connectivity index (χ3v) is 2.34. The fourth-order valence-corrected chi connectivity index (χ4v) is 1.28. The van der Waals surface area contributed by atoms with E-state index in [9.17, 15) is 4.79 Å². The largest absolute Gasteiger partial charge is 0.449 e. The Balaban J connectivity index is 2.28. The molecule has 0 aliphatic rings. The topological polar surface area (TPSA) is 77.2 Å². The van der Waals surface area contributed by atoms with Crippen LogP contribution in [0.5, 0.6) is 0 Å². The van der Waals surface area contributed by atoms with Crippen molar-refractivity contribution in [2.75, 3.05) is 18.5 Å². The molecule has 0 aliphatic heterocycles. The number of nitrogens with one attached hydrogen (secondary N) is 1.